The SMILES string of the molecule is CNCC(C)(CNC(C)(C)C(C)=N)CNC(C)(C)/C(C)=N/O. The molecule has 1 unspecified atom stereocenters. The molecule has 0 aromatic heterocycles. The molecule has 0 aromatic carbocycles. The molecule has 0 bridgehead atoms. The molecule has 0 aliphatic rings. The number of hydrogen-bond acceptors (Lipinski definition) is 6. The third kappa shape index (κ3) is 6.42. The van der Waals surface area contributed by atoms with Gasteiger partial charge in [-0.2, -0.15) is 0 Å². The minimum Gasteiger partial charge on any atom is -0.411 e. The summed E-state index contributed by atoms with van der Waals surface area (Å²) in [6, 6.07) is 0. The zero-order valence-corrected chi connectivity index (χ0v) is 15.5. The van der Waals surface area contributed by atoms with Crippen LogP contribution in [0.5, 0.6) is 0 Å². The van der Waals surface area contributed by atoms with Gasteiger partial charge in [0.05, 0.1) is 16.8 Å². The minimum absolute atomic E-state index is 0.0333. The van der Waals surface area contributed by atoms with Crippen molar-refractivity contribution in [3.05, 3.63) is 0 Å². The lowest BCUT2D eigenvalue weighted by Gasteiger charge is -2.38. The van der Waals surface area contributed by atoms with Gasteiger partial charge in [0.15, 0.2) is 0 Å². The summed E-state index contributed by atoms with van der Waals surface area (Å²) in [5.74, 6) is 0. The molecule has 0 saturated heterocycles. The summed E-state index contributed by atoms with van der Waals surface area (Å²) in [4.78, 5) is 0. The highest BCUT2D eigenvalue weighted by Gasteiger charge is 2.31. The van der Waals surface area contributed by atoms with Gasteiger partial charge < -0.3 is 26.6 Å². The first kappa shape index (κ1) is 21.0. The molecule has 6 heteroatoms. The standard InChI is InChI=1S/C16H35N5O/c1-12(17)14(3,4)19-10-16(7,9-18-8)11-20-15(5,6)13(2)21-22/h17-20,22H,9-11H2,1-8H3/b17-12?,21-13+. The summed E-state index contributed by atoms with van der Waals surface area (Å²) in [5.41, 5.74) is 0.567. The monoisotopic (exact) mass is 313 g/mol. The number of hydrogen-bond donors (Lipinski definition) is 5. The average Bonchev–Trinajstić information content (AvgIpc) is 2.43. The van der Waals surface area contributed by atoms with E-state index in [2.05, 4.69) is 28.0 Å². The zero-order valence-electron chi connectivity index (χ0n) is 15.5. The lowest BCUT2D eigenvalue weighted by Crippen LogP contribution is -2.57. The van der Waals surface area contributed by atoms with Crippen LogP contribution in [0.15, 0.2) is 5.16 Å². The van der Waals surface area contributed by atoms with Crippen molar-refractivity contribution in [2.75, 3.05) is 26.7 Å². The van der Waals surface area contributed by atoms with Gasteiger partial charge in [-0.25, -0.2) is 0 Å². The molecule has 6 nitrogen and oxygen atoms in total. The summed E-state index contributed by atoms with van der Waals surface area (Å²) in [7, 11) is 1.94. The fourth-order valence-electron chi connectivity index (χ4n) is 1.87. The van der Waals surface area contributed by atoms with Crippen molar-refractivity contribution in [2.24, 2.45) is 10.6 Å². The van der Waals surface area contributed by atoms with Crippen LogP contribution in [-0.2, 0) is 0 Å². The van der Waals surface area contributed by atoms with Crippen LogP contribution in [-0.4, -0.2) is 54.4 Å². The van der Waals surface area contributed by atoms with E-state index < -0.39 is 0 Å². The van der Waals surface area contributed by atoms with Crippen molar-refractivity contribution in [3.63, 3.8) is 0 Å². The van der Waals surface area contributed by atoms with E-state index in [1.54, 1.807) is 0 Å². The third-order valence-corrected chi connectivity index (χ3v) is 4.51. The molecular weight excluding hydrogens is 278 g/mol. The number of rotatable bonds is 10. The Balaban J connectivity index is 4.86. The van der Waals surface area contributed by atoms with Crippen molar-refractivity contribution < 1.29 is 5.21 Å². The van der Waals surface area contributed by atoms with E-state index in [0.717, 1.165) is 19.6 Å². The van der Waals surface area contributed by atoms with Gasteiger partial charge in [0, 0.05) is 30.8 Å². The quantitative estimate of drug-likeness (QED) is 0.242. The van der Waals surface area contributed by atoms with Crippen LogP contribution < -0.4 is 16.0 Å². The molecule has 0 aliphatic carbocycles. The third-order valence-electron chi connectivity index (χ3n) is 4.51. The summed E-state index contributed by atoms with van der Waals surface area (Å²) in [6.07, 6.45) is 0. The lowest BCUT2D eigenvalue weighted by molar-refractivity contribution is 0.245. The summed E-state index contributed by atoms with van der Waals surface area (Å²) >= 11 is 0. The van der Waals surface area contributed by atoms with Crippen LogP contribution in [0.3, 0.4) is 0 Å². The van der Waals surface area contributed by atoms with Gasteiger partial charge in [0.2, 0.25) is 0 Å². The molecule has 0 radical (unpaired) electrons. The van der Waals surface area contributed by atoms with Crippen LogP contribution in [0.25, 0.3) is 0 Å². The van der Waals surface area contributed by atoms with E-state index in [0.29, 0.717) is 11.4 Å². The van der Waals surface area contributed by atoms with Crippen LogP contribution >= 0.6 is 0 Å². The molecule has 0 aliphatic heterocycles. The van der Waals surface area contributed by atoms with E-state index in [-0.39, 0.29) is 16.5 Å². The van der Waals surface area contributed by atoms with Crippen molar-refractivity contribution in [2.45, 2.75) is 59.5 Å². The molecule has 5 N–H and O–H groups in total. The molecule has 0 saturated carbocycles. The van der Waals surface area contributed by atoms with E-state index >= 15 is 0 Å². The second-order valence-electron chi connectivity index (χ2n) is 7.61. The number of nitrogens with zero attached hydrogens (tertiary/aromatic N) is 1. The summed E-state index contributed by atoms with van der Waals surface area (Å²) < 4.78 is 0. The Hall–Kier alpha value is -0.980. The molecular formula is C16H35N5O. The smallest absolute Gasteiger partial charge is 0.0734 e. The molecule has 22 heavy (non-hydrogen) atoms. The first-order valence-corrected chi connectivity index (χ1v) is 7.79. The summed E-state index contributed by atoms with van der Waals surface area (Å²) in [5, 5.41) is 30.3. The van der Waals surface area contributed by atoms with E-state index in [1.807, 2.05) is 48.6 Å². The fourth-order valence-corrected chi connectivity index (χ4v) is 1.87. The number of nitrogens with one attached hydrogen (secondary N) is 4. The molecule has 130 valence electrons. The highest BCUT2D eigenvalue weighted by atomic mass is 16.4. The Morgan fingerprint density at radius 3 is 1.77 bits per heavy atom. The molecule has 0 rings (SSSR count). The topological polar surface area (TPSA) is 92.5 Å². The number of oxime groups is 1. The van der Waals surface area contributed by atoms with Crippen LogP contribution in [0, 0.1) is 10.8 Å². The van der Waals surface area contributed by atoms with Crippen LogP contribution in [0.1, 0.15) is 48.5 Å². The maximum Gasteiger partial charge on any atom is 0.0734 e. The molecule has 0 fully saturated rings. The Labute approximate surface area is 135 Å². The fraction of sp³-hybridized carbons (Fsp3) is 0.875. The van der Waals surface area contributed by atoms with Gasteiger partial charge in [0.1, 0.15) is 0 Å². The van der Waals surface area contributed by atoms with Gasteiger partial charge >= 0.3 is 0 Å². The first-order valence-electron chi connectivity index (χ1n) is 7.79. The van der Waals surface area contributed by atoms with Gasteiger partial charge in [0.25, 0.3) is 0 Å². The molecule has 0 spiro atoms. The Bertz CT molecular complexity index is 403. The van der Waals surface area contributed by atoms with Gasteiger partial charge in [-0.15, -0.1) is 0 Å². The molecule has 0 heterocycles. The molecule has 0 amide bonds. The van der Waals surface area contributed by atoms with Crippen LogP contribution in [0.2, 0.25) is 0 Å². The van der Waals surface area contributed by atoms with E-state index in [1.165, 1.54) is 0 Å². The predicted molar refractivity (Wildman–Crippen MR) is 94.5 cm³/mol. The highest BCUT2D eigenvalue weighted by molar-refractivity contribution is 5.90. The second kappa shape index (κ2) is 8.04. The van der Waals surface area contributed by atoms with Crippen molar-refractivity contribution in [3.8, 4) is 0 Å². The molecule has 0 aromatic rings. The van der Waals surface area contributed by atoms with Crippen molar-refractivity contribution >= 4 is 11.4 Å². The first-order chi connectivity index (χ1) is 9.90. The minimum atomic E-state index is -0.364. The van der Waals surface area contributed by atoms with Gasteiger partial charge in [-0.3, -0.25) is 0 Å². The maximum atomic E-state index is 8.97. The zero-order chi connectivity index (χ0) is 17.6. The van der Waals surface area contributed by atoms with Crippen molar-refractivity contribution in [1.82, 2.24) is 16.0 Å². The van der Waals surface area contributed by atoms with E-state index in [9.17, 15) is 0 Å². The second-order valence-corrected chi connectivity index (χ2v) is 7.61. The lowest BCUT2D eigenvalue weighted by atomic mass is 9.86. The predicted octanol–water partition coefficient (Wildman–Crippen LogP) is 1.84. The molecule has 1 atom stereocenters. The van der Waals surface area contributed by atoms with Gasteiger partial charge in [-0.1, -0.05) is 12.1 Å². The van der Waals surface area contributed by atoms with Crippen molar-refractivity contribution in [1.29, 1.82) is 5.41 Å². The van der Waals surface area contributed by atoms with E-state index in [4.69, 9.17) is 10.6 Å². The average molecular weight is 313 g/mol. The Kier molecular flexibility index (Phi) is 7.68. The largest absolute Gasteiger partial charge is 0.411 e. The summed E-state index contributed by atoms with van der Waals surface area (Å²) in [6.45, 7) is 16.2. The Morgan fingerprint density at radius 2 is 1.41 bits per heavy atom. The Morgan fingerprint density at radius 1 is 0.955 bits per heavy atom. The van der Waals surface area contributed by atoms with Crippen LogP contribution in [0.4, 0.5) is 0 Å². The normalized spacial score (nSPS) is 16.5. The van der Waals surface area contributed by atoms with Gasteiger partial charge in [-0.05, 0) is 48.6 Å². The maximum absolute atomic E-state index is 8.97. The highest BCUT2D eigenvalue weighted by Crippen LogP contribution is 2.17.